The number of halogens is 1. The summed E-state index contributed by atoms with van der Waals surface area (Å²) in [6.45, 7) is 1.56. The SMILES string of the molecule is COc1ccccc1NC(=O)C(C)NC(=O)[C@@H](NC(=O)c1cccc2ccccc12)c1ccc(Cl)cc1. The second-order valence-corrected chi connectivity index (χ2v) is 8.84. The molecule has 2 atom stereocenters. The van der Waals surface area contributed by atoms with Crippen LogP contribution in [0.5, 0.6) is 5.75 Å². The Kier molecular flexibility index (Phi) is 8.05. The van der Waals surface area contributed by atoms with Crippen molar-refractivity contribution in [2.45, 2.75) is 19.0 Å². The van der Waals surface area contributed by atoms with Gasteiger partial charge < -0.3 is 20.7 Å². The summed E-state index contributed by atoms with van der Waals surface area (Å²) in [6.07, 6.45) is 0. The maximum absolute atomic E-state index is 13.4. The van der Waals surface area contributed by atoms with Gasteiger partial charge in [-0.3, -0.25) is 14.4 Å². The largest absolute Gasteiger partial charge is 0.495 e. The van der Waals surface area contributed by atoms with Crippen LogP contribution < -0.4 is 20.7 Å². The van der Waals surface area contributed by atoms with E-state index in [0.717, 1.165) is 10.8 Å². The van der Waals surface area contributed by atoms with Gasteiger partial charge in [0.2, 0.25) is 11.8 Å². The molecule has 0 aliphatic carbocycles. The fourth-order valence-electron chi connectivity index (χ4n) is 3.94. The predicted molar refractivity (Wildman–Crippen MR) is 145 cm³/mol. The summed E-state index contributed by atoms with van der Waals surface area (Å²) in [5.41, 5.74) is 1.44. The highest BCUT2D eigenvalue weighted by Gasteiger charge is 2.27. The summed E-state index contributed by atoms with van der Waals surface area (Å²) >= 11 is 6.04. The van der Waals surface area contributed by atoms with Crippen molar-refractivity contribution in [3.05, 3.63) is 107 Å². The van der Waals surface area contributed by atoms with Crippen LogP contribution in [-0.4, -0.2) is 30.9 Å². The highest BCUT2D eigenvalue weighted by atomic mass is 35.5. The van der Waals surface area contributed by atoms with Crippen molar-refractivity contribution in [1.29, 1.82) is 0 Å². The van der Waals surface area contributed by atoms with Gasteiger partial charge in [-0.25, -0.2) is 0 Å². The number of para-hydroxylation sites is 2. The van der Waals surface area contributed by atoms with E-state index in [4.69, 9.17) is 16.3 Å². The molecule has 4 rings (SSSR count). The summed E-state index contributed by atoms with van der Waals surface area (Å²) < 4.78 is 5.27. The van der Waals surface area contributed by atoms with Crippen molar-refractivity contribution >= 4 is 45.8 Å². The quantitative estimate of drug-likeness (QED) is 0.303. The molecule has 4 aromatic carbocycles. The molecule has 37 heavy (non-hydrogen) atoms. The Morgan fingerprint density at radius 3 is 2.22 bits per heavy atom. The third-order valence-corrected chi connectivity index (χ3v) is 6.14. The second-order valence-electron chi connectivity index (χ2n) is 8.40. The lowest BCUT2D eigenvalue weighted by Crippen LogP contribution is -2.47. The topological polar surface area (TPSA) is 96.5 Å². The first kappa shape index (κ1) is 25.7. The minimum absolute atomic E-state index is 0.418. The number of carbonyl (C=O) groups excluding carboxylic acids is 3. The van der Waals surface area contributed by atoms with E-state index in [2.05, 4.69) is 16.0 Å². The fourth-order valence-corrected chi connectivity index (χ4v) is 4.06. The predicted octanol–water partition coefficient (Wildman–Crippen LogP) is 5.12. The number of methoxy groups -OCH3 is 1. The van der Waals surface area contributed by atoms with Gasteiger partial charge in [-0.1, -0.05) is 72.3 Å². The van der Waals surface area contributed by atoms with E-state index in [1.54, 1.807) is 67.6 Å². The second kappa shape index (κ2) is 11.6. The average molecular weight is 516 g/mol. The molecule has 0 spiro atoms. The normalized spacial score (nSPS) is 12.3. The number of hydrogen-bond acceptors (Lipinski definition) is 4. The van der Waals surface area contributed by atoms with Gasteiger partial charge in [0.1, 0.15) is 17.8 Å². The number of ether oxygens (including phenoxy) is 1. The number of carbonyl (C=O) groups is 3. The number of rotatable bonds is 8. The monoisotopic (exact) mass is 515 g/mol. The van der Waals surface area contributed by atoms with Crippen LogP contribution in [0.1, 0.15) is 28.9 Å². The van der Waals surface area contributed by atoms with Crippen LogP contribution in [0.25, 0.3) is 10.8 Å². The molecule has 0 heterocycles. The van der Waals surface area contributed by atoms with E-state index in [1.807, 2.05) is 30.3 Å². The van der Waals surface area contributed by atoms with Crippen molar-refractivity contribution in [3.8, 4) is 5.75 Å². The Labute approximate surface area is 219 Å². The molecule has 188 valence electrons. The molecular formula is C29H26ClN3O4. The summed E-state index contributed by atoms with van der Waals surface area (Å²) in [5.74, 6) is -0.902. The number of hydrogen-bond donors (Lipinski definition) is 3. The molecule has 4 aromatic rings. The van der Waals surface area contributed by atoms with Gasteiger partial charge in [-0.2, -0.15) is 0 Å². The minimum atomic E-state index is -1.06. The van der Waals surface area contributed by atoms with Gasteiger partial charge in [-0.05, 0) is 53.6 Å². The first-order chi connectivity index (χ1) is 17.9. The third-order valence-electron chi connectivity index (χ3n) is 5.89. The van der Waals surface area contributed by atoms with E-state index in [9.17, 15) is 14.4 Å². The molecule has 0 aromatic heterocycles. The van der Waals surface area contributed by atoms with Crippen LogP contribution in [0, 0.1) is 0 Å². The molecule has 0 aliphatic heterocycles. The number of amides is 3. The Hall–Kier alpha value is -4.36. The van der Waals surface area contributed by atoms with Gasteiger partial charge >= 0.3 is 0 Å². The van der Waals surface area contributed by atoms with Crippen LogP contribution in [0.15, 0.2) is 91.0 Å². The van der Waals surface area contributed by atoms with Crippen LogP contribution >= 0.6 is 11.6 Å². The standard InChI is InChI=1S/C29H26ClN3O4/c1-18(27(34)32-24-12-5-6-13-25(24)37-2)31-29(36)26(20-14-16-21(30)17-15-20)33-28(35)23-11-7-9-19-8-3-4-10-22(19)23/h3-18,26H,1-2H3,(H,31,36)(H,32,34)(H,33,35)/t18?,26-/m0/s1. The summed E-state index contributed by atoms with van der Waals surface area (Å²) in [5, 5.41) is 10.5. The van der Waals surface area contributed by atoms with Gasteiger partial charge in [-0.15, -0.1) is 0 Å². The molecule has 7 nitrogen and oxygen atoms in total. The van der Waals surface area contributed by atoms with E-state index in [-0.39, 0.29) is 0 Å². The minimum Gasteiger partial charge on any atom is -0.495 e. The third kappa shape index (κ3) is 6.08. The molecule has 1 unspecified atom stereocenters. The molecule has 3 amide bonds. The number of anilines is 1. The van der Waals surface area contributed by atoms with Gasteiger partial charge in [0.25, 0.3) is 5.91 Å². The highest BCUT2D eigenvalue weighted by molar-refractivity contribution is 6.30. The summed E-state index contributed by atoms with van der Waals surface area (Å²) in [4.78, 5) is 39.5. The van der Waals surface area contributed by atoms with Crippen molar-refractivity contribution in [1.82, 2.24) is 10.6 Å². The Balaban J connectivity index is 1.55. The van der Waals surface area contributed by atoms with Crippen LogP contribution in [0.2, 0.25) is 5.02 Å². The molecule has 8 heteroatoms. The molecule has 0 fully saturated rings. The van der Waals surface area contributed by atoms with Crippen molar-refractivity contribution in [3.63, 3.8) is 0 Å². The fraction of sp³-hybridized carbons (Fsp3) is 0.138. The van der Waals surface area contributed by atoms with E-state index < -0.39 is 29.8 Å². The van der Waals surface area contributed by atoms with Crippen molar-refractivity contribution in [2.75, 3.05) is 12.4 Å². The van der Waals surface area contributed by atoms with Gasteiger partial charge in [0.05, 0.1) is 12.8 Å². The van der Waals surface area contributed by atoms with E-state index >= 15 is 0 Å². The summed E-state index contributed by atoms with van der Waals surface area (Å²) in [7, 11) is 1.51. The zero-order valence-corrected chi connectivity index (χ0v) is 21.1. The van der Waals surface area contributed by atoms with Crippen molar-refractivity contribution in [2.24, 2.45) is 0 Å². The van der Waals surface area contributed by atoms with E-state index in [0.29, 0.717) is 27.6 Å². The molecular weight excluding hydrogens is 490 g/mol. The van der Waals surface area contributed by atoms with Crippen LogP contribution in [0.3, 0.4) is 0 Å². The van der Waals surface area contributed by atoms with E-state index in [1.165, 1.54) is 7.11 Å². The maximum atomic E-state index is 13.4. The molecule has 0 saturated carbocycles. The first-order valence-corrected chi connectivity index (χ1v) is 12.0. The number of fused-ring (bicyclic) bond motifs is 1. The number of nitrogens with one attached hydrogen (secondary N) is 3. The lowest BCUT2D eigenvalue weighted by molar-refractivity contribution is -0.127. The Morgan fingerprint density at radius 2 is 1.46 bits per heavy atom. The molecule has 0 radical (unpaired) electrons. The molecule has 3 N–H and O–H groups in total. The molecule has 0 bridgehead atoms. The number of benzene rings is 4. The average Bonchev–Trinajstić information content (AvgIpc) is 2.92. The zero-order chi connectivity index (χ0) is 26.4. The lowest BCUT2D eigenvalue weighted by atomic mass is 10.0. The first-order valence-electron chi connectivity index (χ1n) is 11.7. The highest BCUT2D eigenvalue weighted by Crippen LogP contribution is 2.24. The summed E-state index contributed by atoms with van der Waals surface area (Å²) in [6, 6.07) is 24.5. The zero-order valence-electron chi connectivity index (χ0n) is 20.3. The molecule has 0 aliphatic rings. The van der Waals surface area contributed by atoms with Crippen LogP contribution in [-0.2, 0) is 9.59 Å². The van der Waals surface area contributed by atoms with Crippen LogP contribution in [0.4, 0.5) is 5.69 Å². The van der Waals surface area contributed by atoms with Gasteiger partial charge in [0, 0.05) is 10.6 Å². The van der Waals surface area contributed by atoms with Gasteiger partial charge in [0.15, 0.2) is 0 Å². The Bertz CT molecular complexity index is 1430. The Morgan fingerprint density at radius 1 is 0.784 bits per heavy atom. The lowest BCUT2D eigenvalue weighted by Gasteiger charge is -2.22. The smallest absolute Gasteiger partial charge is 0.252 e. The van der Waals surface area contributed by atoms with Crippen molar-refractivity contribution < 1.29 is 19.1 Å². The maximum Gasteiger partial charge on any atom is 0.252 e. The molecule has 0 saturated heterocycles.